The Labute approximate surface area is 158 Å². The van der Waals surface area contributed by atoms with Crippen molar-refractivity contribution in [2.24, 2.45) is 5.41 Å². The number of hydrogen-bond acceptors (Lipinski definition) is 1. The van der Waals surface area contributed by atoms with E-state index in [4.69, 9.17) is 4.74 Å². The van der Waals surface area contributed by atoms with Crippen LogP contribution in [0.25, 0.3) is 17.2 Å². The van der Waals surface area contributed by atoms with Gasteiger partial charge in [0.05, 0.1) is 13.2 Å². The van der Waals surface area contributed by atoms with Gasteiger partial charge in [-0.2, -0.15) is 0 Å². The van der Waals surface area contributed by atoms with Gasteiger partial charge in [0.25, 0.3) is 0 Å². The Morgan fingerprint density at radius 1 is 1.00 bits per heavy atom. The molecular formula is C25H30O. The molecule has 1 nitrogen and oxygen atoms in total. The van der Waals surface area contributed by atoms with Gasteiger partial charge in [0.2, 0.25) is 0 Å². The lowest BCUT2D eigenvalue weighted by Gasteiger charge is -2.41. The van der Waals surface area contributed by atoms with Crippen LogP contribution in [0.2, 0.25) is 0 Å². The molecule has 4 rings (SSSR count). The lowest BCUT2D eigenvalue weighted by Crippen LogP contribution is -2.42. The second-order valence-electron chi connectivity index (χ2n) is 9.21. The van der Waals surface area contributed by atoms with Crippen molar-refractivity contribution < 1.29 is 4.74 Å². The Morgan fingerprint density at radius 3 is 2.31 bits per heavy atom. The first kappa shape index (κ1) is 17.5. The molecule has 2 aliphatic rings. The molecule has 136 valence electrons. The molecule has 2 aromatic rings. The van der Waals surface area contributed by atoms with E-state index in [1.807, 2.05) is 0 Å². The van der Waals surface area contributed by atoms with Crippen molar-refractivity contribution >= 4 is 6.08 Å². The molecule has 1 heterocycles. The predicted molar refractivity (Wildman–Crippen MR) is 110 cm³/mol. The topological polar surface area (TPSA) is 9.23 Å². The van der Waals surface area contributed by atoms with Crippen molar-refractivity contribution in [3.63, 3.8) is 0 Å². The van der Waals surface area contributed by atoms with Crippen molar-refractivity contribution in [2.45, 2.75) is 52.4 Å². The molecule has 0 spiro atoms. The van der Waals surface area contributed by atoms with Gasteiger partial charge in [0.15, 0.2) is 0 Å². The number of benzene rings is 2. The zero-order chi connectivity index (χ0) is 18.4. The van der Waals surface area contributed by atoms with E-state index in [2.05, 4.69) is 76.2 Å². The SMILES string of the molecule is CCC1(CC2=Cc3c(cccc3-c3ccc(C(C)(C)C)cc3)C2)COC1. The molecule has 1 aliphatic heterocycles. The van der Waals surface area contributed by atoms with Gasteiger partial charge in [-0.05, 0) is 52.5 Å². The van der Waals surface area contributed by atoms with E-state index >= 15 is 0 Å². The van der Waals surface area contributed by atoms with Crippen LogP contribution in [0.4, 0.5) is 0 Å². The zero-order valence-electron chi connectivity index (χ0n) is 16.6. The van der Waals surface area contributed by atoms with Gasteiger partial charge in [0.1, 0.15) is 0 Å². The Balaban J connectivity index is 1.64. The van der Waals surface area contributed by atoms with Crippen LogP contribution in [-0.2, 0) is 16.6 Å². The van der Waals surface area contributed by atoms with E-state index in [0.29, 0.717) is 5.41 Å². The highest BCUT2D eigenvalue weighted by molar-refractivity contribution is 5.81. The van der Waals surface area contributed by atoms with Gasteiger partial charge in [-0.3, -0.25) is 0 Å². The average Bonchev–Trinajstić information content (AvgIpc) is 3.00. The largest absolute Gasteiger partial charge is 0.380 e. The second-order valence-corrected chi connectivity index (χ2v) is 9.21. The van der Waals surface area contributed by atoms with Gasteiger partial charge in [-0.15, -0.1) is 0 Å². The summed E-state index contributed by atoms with van der Waals surface area (Å²) in [5, 5.41) is 0. The third-order valence-electron chi connectivity index (χ3n) is 6.19. The number of fused-ring (bicyclic) bond motifs is 1. The van der Waals surface area contributed by atoms with E-state index in [1.54, 1.807) is 5.57 Å². The minimum absolute atomic E-state index is 0.198. The standard InChI is InChI=1S/C25H30O/c1-5-25(16-26-17-25)15-18-13-20-7-6-8-22(23(20)14-18)19-9-11-21(12-10-19)24(2,3)4/h6-12,14H,5,13,15-17H2,1-4H3. The minimum atomic E-state index is 0.198. The predicted octanol–water partition coefficient (Wildman–Crippen LogP) is 6.41. The Morgan fingerprint density at radius 2 is 1.73 bits per heavy atom. The maximum absolute atomic E-state index is 5.52. The zero-order valence-corrected chi connectivity index (χ0v) is 16.6. The molecule has 0 aromatic heterocycles. The van der Waals surface area contributed by atoms with Gasteiger partial charge >= 0.3 is 0 Å². The molecule has 0 amide bonds. The molecule has 1 heteroatoms. The van der Waals surface area contributed by atoms with E-state index < -0.39 is 0 Å². The van der Waals surface area contributed by atoms with Crippen LogP contribution in [0, 0.1) is 5.41 Å². The molecular weight excluding hydrogens is 316 g/mol. The van der Waals surface area contributed by atoms with Gasteiger partial charge in [-0.25, -0.2) is 0 Å². The normalized spacial score (nSPS) is 18.2. The first-order chi connectivity index (χ1) is 12.4. The van der Waals surface area contributed by atoms with E-state index in [0.717, 1.165) is 19.6 Å². The fourth-order valence-electron chi connectivity index (χ4n) is 4.26. The van der Waals surface area contributed by atoms with E-state index in [1.165, 1.54) is 40.7 Å². The fraction of sp³-hybridized carbons (Fsp3) is 0.440. The molecule has 0 unspecified atom stereocenters. The monoisotopic (exact) mass is 346 g/mol. The number of ether oxygens (including phenoxy) is 1. The quantitative estimate of drug-likeness (QED) is 0.622. The number of rotatable bonds is 4. The van der Waals surface area contributed by atoms with Crippen LogP contribution in [-0.4, -0.2) is 13.2 Å². The first-order valence-electron chi connectivity index (χ1n) is 9.90. The van der Waals surface area contributed by atoms with Crippen LogP contribution in [0.1, 0.15) is 57.2 Å². The highest BCUT2D eigenvalue weighted by Crippen LogP contribution is 2.42. The fourth-order valence-corrected chi connectivity index (χ4v) is 4.26. The van der Waals surface area contributed by atoms with Crippen LogP contribution >= 0.6 is 0 Å². The van der Waals surface area contributed by atoms with Crippen LogP contribution < -0.4 is 0 Å². The minimum Gasteiger partial charge on any atom is -0.380 e. The first-order valence-corrected chi connectivity index (χ1v) is 9.90. The summed E-state index contributed by atoms with van der Waals surface area (Å²) in [7, 11) is 0. The molecule has 1 fully saturated rings. The maximum atomic E-state index is 5.52. The summed E-state index contributed by atoms with van der Waals surface area (Å²) in [4.78, 5) is 0. The molecule has 0 atom stereocenters. The molecule has 1 aliphatic carbocycles. The highest BCUT2D eigenvalue weighted by Gasteiger charge is 2.38. The second kappa shape index (κ2) is 6.39. The van der Waals surface area contributed by atoms with Crippen LogP contribution in [0.5, 0.6) is 0 Å². The van der Waals surface area contributed by atoms with Crippen molar-refractivity contribution in [3.05, 3.63) is 64.7 Å². The Kier molecular flexibility index (Phi) is 4.31. The summed E-state index contributed by atoms with van der Waals surface area (Å²) in [6.45, 7) is 11.0. The highest BCUT2D eigenvalue weighted by atomic mass is 16.5. The Hall–Kier alpha value is -1.86. The molecule has 0 bridgehead atoms. The van der Waals surface area contributed by atoms with E-state index in [-0.39, 0.29) is 5.41 Å². The third-order valence-corrected chi connectivity index (χ3v) is 6.19. The maximum Gasteiger partial charge on any atom is 0.0547 e. The third kappa shape index (κ3) is 3.14. The van der Waals surface area contributed by atoms with Gasteiger partial charge < -0.3 is 4.74 Å². The smallest absolute Gasteiger partial charge is 0.0547 e. The van der Waals surface area contributed by atoms with E-state index in [9.17, 15) is 0 Å². The summed E-state index contributed by atoms with van der Waals surface area (Å²) in [6, 6.07) is 15.9. The van der Waals surface area contributed by atoms with Gasteiger partial charge in [-0.1, -0.05) is 81.8 Å². The van der Waals surface area contributed by atoms with Crippen molar-refractivity contribution in [1.29, 1.82) is 0 Å². The lowest BCUT2D eigenvalue weighted by atomic mass is 9.77. The van der Waals surface area contributed by atoms with Crippen LogP contribution in [0.15, 0.2) is 48.0 Å². The summed E-state index contributed by atoms with van der Waals surface area (Å²) in [5.41, 5.74) is 9.15. The molecule has 0 saturated carbocycles. The number of hydrogen-bond donors (Lipinski definition) is 0. The summed E-state index contributed by atoms with van der Waals surface area (Å²) >= 11 is 0. The average molecular weight is 347 g/mol. The summed E-state index contributed by atoms with van der Waals surface area (Å²) < 4.78 is 5.52. The Bertz CT molecular complexity index is 824. The number of allylic oxidation sites excluding steroid dienone is 1. The van der Waals surface area contributed by atoms with Gasteiger partial charge in [0, 0.05) is 5.41 Å². The lowest BCUT2D eigenvalue weighted by molar-refractivity contribution is -0.114. The van der Waals surface area contributed by atoms with Crippen LogP contribution in [0.3, 0.4) is 0 Å². The molecule has 0 radical (unpaired) electrons. The molecule has 2 aromatic carbocycles. The summed E-state index contributed by atoms with van der Waals surface area (Å²) in [5.74, 6) is 0. The van der Waals surface area contributed by atoms with Crippen molar-refractivity contribution in [2.75, 3.05) is 13.2 Å². The molecule has 1 saturated heterocycles. The summed E-state index contributed by atoms with van der Waals surface area (Å²) in [6.07, 6.45) is 5.95. The van der Waals surface area contributed by atoms with Crippen molar-refractivity contribution in [3.8, 4) is 11.1 Å². The van der Waals surface area contributed by atoms with Crippen molar-refractivity contribution in [1.82, 2.24) is 0 Å². The molecule has 0 N–H and O–H groups in total. The molecule has 26 heavy (non-hydrogen) atoms.